The van der Waals surface area contributed by atoms with Crippen molar-refractivity contribution in [2.75, 3.05) is 26.9 Å². The van der Waals surface area contributed by atoms with Gasteiger partial charge in [0.05, 0.1) is 13.7 Å². The third kappa shape index (κ3) is 5.94. The Balaban J connectivity index is 2.51. The SMILES string of the molecule is COc1cc(CNCCC(C)C)ccc1OCCO. The monoisotopic (exact) mass is 267 g/mol. The van der Waals surface area contributed by atoms with E-state index in [1.165, 1.54) is 6.42 Å². The van der Waals surface area contributed by atoms with Crippen LogP contribution in [0.5, 0.6) is 11.5 Å². The third-order valence-corrected chi connectivity index (χ3v) is 2.80. The fourth-order valence-electron chi connectivity index (χ4n) is 1.72. The summed E-state index contributed by atoms with van der Waals surface area (Å²) in [5, 5.41) is 12.2. The Morgan fingerprint density at radius 1 is 1.26 bits per heavy atom. The molecule has 2 N–H and O–H groups in total. The van der Waals surface area contributed by atoms with Crippen LogP contribution < -0.4 is 14.8 Å². The molecule has 1 aromatic rings. The molecular formula is C15H25NO3. The number of rotatable bonds is 9. The molecule has 0 fully saturated rings. The standard InChI is InChI=1S/C15H25NO3/c1-12(2)6-7-16-11-13-4-5-14(19-9-8-17)15(10-13)18-3/h4-5,10,12,16-17H,6-9,11H2,1-3H3. The van der Waals surface area contributed by atoms with Crippen molar-refractivity contribution in [1.29, 1.82) is 0 Å². The number of hydrogen-bond acceptors (Lipinski definition) is 4. The zero-order valence-electron chi connectivity index (χ0n) is 12.1. The largest absolute Gasteiger partial charge is 0.493 e. The van der Waals surface area contributed by atoms with Gasteiger partial charge in [0, 0.05) is 6.54 Å². The molecule has 0 saturated heterocycles. The highest BCUT2D eigenvalue weighted by molar-refractivity contribution is 5.42. The normalized spacial score (nSPS) is 10.8. The topological polar surface area (TPSA) is 50.7 Å². The smallest absolute Gasteiger partial charge is 0.161 e. The summed E-state index contributed by atoms with van der Waals surface area (Å²) in [6.45, 7) is 6.56. The van der Waals surface area contributed by atoms with Crippen molar-refractivity contribution in [2.24, 2.45) is 5.92 Å². The van der Waals surface area contributed by atoms with Crippen molar-refractivity contribution in [3.63, 3.8) is 0 Å². The van der Waals surface area contributed by atoms with Crippen LogP contribution in [0.1, 0.15) is 25.8 Å². The molecule has 0 radical (unpaired) electrons. The van der Waals surface area contributed by atoms with Gasteiger partial charge in [0.2, 0.25) is 0 Å². The predicted octanol–water partition coefficient (Wildman–Crippen LogP) is 2.20. The van der Waals surface area contributed by atoms with Crippen LogP contribution in [0.25, 0.3) is 0 Å². The molecule has 19 heavy (non-hydrogen) atoms. The first-order valence-electron chi connectivity index (χ1n) is 6.78. The van der Waals surface area contributed by atoms with E-state index < -0.39 is 0 Å². The molecule has 0 bridgehead atoms. The summed E-state index contributed by atoms with van der Waals surface area (Å²) in [4.78, 5) is 0. The van der Waals surface area contributed by atoms with Gasteiger partial charge in [-0.15, -0.1) is 0 Å². The summed E-state index contributed by atoms with van der Waals surface area (Å²) in [5.41, 5.74) is 1.16. The summed E-state index contributed by atoms with van der Waals surface area (Å²) in [6.07, 6.45) is 1.18. The van der Waals surface area contributed by atoms with Gasteiger partial charge >= 0.3 is 0 Å². The Hall–Kier alpha value is -1.26. The highest BCUT2D eigenvalue weighted by Gasteiger charge is 2.05. The molecule has 1 rings (SSSR count). The summed E-state index contributed by atoms with van der Waals surface area (Å²) in [5.74, 6) is 2.09. The second-order valence-electron chi connectivity index (χ2n) is 4.92. The molecule has 0 aliphatic carbocycles. The van der Waals surface area contributed by atoms with Gasteiger partial charge in [0.15, 0.2) is 11.5 Å². The van der Waals surface area contributed by atoms with Gasteiger partial charge in [-0.25, -0.2) is 0 Å². The molecule has 0 saturated carbocycles. The fraction of sp³-hybridized carbons (Fsp3) is 0.600. The third-order valence-electron chi connectivity index (χ3n) is 2.80. The van der Waals surface area contributed by atoms with E-state index in [-0.39, 0.29) is 13.2 Å². The van der Waals surface area contributed by atoms with Gasteiger partial charge in [-0.05, 0) is 36.6 Å². The van der Waals surface area contributed by atoms with Gasteiger partial charge < -0.3 is 19.9 Å². The Kier molecular flexibility index (Phi) is 7.30. The molecule has 0 aromatic heterocycles. The highest BCUT2D eigenvalue weighted by atomic mass is 16.5. The first-order valence-corrected chi connectivity index (χ1v) is 6.78. The van der Waals surface area contributed by atoms with Crippen molar-refractivity contribution >= 4 is 0 Å². The van der Waals surface area contributed by atoms with E-state index in [2.05, 4.69) is 19.2 Å². The second kappa shape index (κ2) is 8.77. The average molecular weight is 267 g/mol. The molecular weight excluding hydrogens is 242 g/mol. The molecule has 0 aliphatic rings. The van der Waals surface area contributed by atoms with Gasteiger partial charge in [0.1, 0.15) is 6.61 Å². The van der Waals surface area contributed by atoms with Crippen molar-refractivity contribution in [1.82, 2.24) is 5.32 Å². The Morgan fingerprint density at radius 3 is 2.68 bits per heavy atom. The summed E-state index contributed by atoms with van der Waals surface area (Å²) in [6, 6.07) is 5.86. The molecule has 0 heterocycles. The average Bonchev–Trinajstić information content (AvgIpc) is 2.41. The number of hydrogen-bond donors (Lipinski definition) is 2. The maximum atomic E-state index is 8.76. The lowest BCUT2D eigenvalue weighted by Gasteiger charge is -2.12. The summed E-state index contributed by atoms with van der Waals surface area (Å²) < 4.78 is 10.7. The lowest BCUT2D eigenvalue weighted by Crippen LogP contribution is -2.16. The quantitative estimate of drug-likeness (QED) is 0.674. The number of ether oxygens (including phenoxy) is 2. The Bertz CT molecular complexity index is 366. The van der Waals surface area contributed by atoms with Crippen LogP contribution in [0.2, 0.25) is 0 Å². The van der Waals surface area contributed by atoms with Crippen molar-refractivity contribution in [3.8, 4) is 11.5 Å². The van der Waals surface area contributed by atoms with Crippen LogP contribution in [-0.2, 0) is 6.54 Å². The molecule has 0 atom stereocenters. The lowest BCUT2D eigenvalue weighted by atomic mass is 10.1. The van der Waals surface area contributed by atoms with Crippen LogP contribution in [0.15, 0.2) is 18.2 Å². The van der Waals surface area contributed by atoms with Crippen LogP contribution >= 0.6 is 0 Å². The number of aliphatic hydroxyl groups excluding tert-OH is 1. The zero-order valence-corrected chi connectivity index (χ0v) is 12.1. The minimum atomic E-state index is 0.00165. The van der Waals surface area contributed by atoms with E-state index in [0.29, 0.717) is 11.5 Å². The van der Waals surface area contributed by atoms with Crippen LogP contribution in [-0.4, -0.2) is 32.0 Å². The zero-order chi connectivity index (χ0) is 14.1. The summed E-state index contributed by atoms with van der Waals surface area (Å²) >= 11 is 0. The highest BCUT2D eigenvalue weighted by Crippen LogP contribution is 2.27. The Morgan fingerprint density at radius 2 is 2.05 bits per heavy atom. The van der Waals surface area contributed by atoms with Crippen molar-refractivity contribution in [2.45, 2.75) is 26.8 Å². The van der Waals surface area contributed by atoms with Gasteiger partial charge in [-0.3, -0.25) is 0 Å². The Labute approximate surface area is 115 Å². The fourth-order valence-corrected chi connectivity index (χ4v) is 1.72. The number of methoxy groups -OCH3 is 1. The molecule has 0 unspecified atom stereocenters. The minimum Gasteiger partial charge on any atom is -0.493 e. The predicted molar refractivity (Wildman–Crippen MR) is 76.7 cm³/mol. The lowest BCUT2D eigenvalue weighted by molar-refractivity contribution is 0.196. The number of benzene rings is 1. The molecule has 0 amide bonds. The first-order chi connectivity index (χ1) is 9.17. The molecule has 0 aliphatic heterocycles. The second-order valence-corrected chi connectivity index (χ2v) is 4.92. The van der Waals surface area contributed by atoms with Crippen molar-refractivity contribution in [3.05, 3.63) is 23.8 Å². The van der Waals surface area contributed by atoms with Crippen LogP contribution in [0.3, 0.4) is 0 Å². The van der Waals surface area contributed by atoms with Crippen LogP contribution in [0, 0.1) is 5.92 Å². The van der Waals surface area contributed by atoms with Gasteiger partial charge in [-0.1, -0.05) is 19.9 Å². The number of aliphatic hydroxyl groups is 1. The number of nitrogens with one attached hydrogen (secondary N) is 1. The molecule has 1 aromatic carbocycles. The van der Waals surface area contributed by atoms with E-state index in [1.807, 2.05) is 18.2 Å². The van der Waals surface area contributed by atoms with Gasteiger partial charge in [-0.2, -0.15) is 0 Å². The van der Waals surface area contributed by atoms with E-state index in [9.17, 15) is 0 Å². The molecule has 4 heteroatoms. The van der Waals surface area contributed by atoms with Gasteiger partial charge in [0.25, 0.3) is 0 Å². The van der Waals surface area contributed by atoms with E-state index in [1.54, 1.807) is 7.11 Å². The van der Waals surface area contributed by atoms with E-state index in [0.717, 1.165) is 24.6 Å². The maximum Gasteiger partial charge on any atom is 0.161 e. The minimum absolute atomic E-state index is 0.00165. The van der Waals surface area contributed by atoms with Crippen molar-refractivity contribution < 1.29 is 14.6 Å². The maximum absolute atomic E-state index is 8.76. The molecule has 4 nitrogen and oxygen atoms in total. The van der Waals surface area contributed by atoms with E-state index >= 15 is 0 Å². The van der Waals surface area contributed by atoms with E-state index in [4.69, 9.17) is 14.6 Å². The molecule has 0 spiro atoms. The van der Waals surface area contributed by atoms with Crippen LogP contribution in [0.4, 0.5) is 0 Å². The molecule has 108 valence electrons. The summed E-state index contributed by atoms with van der Waals surface area (Å²) in [7, 11) is 1.62. The first kappa shape index (κ1) is 15.8.